The second-order valence-electron chi connectivity index (χ2n) is 12.2. The Bertz CT molecular complexity index is 2000. The van der Waals surface area contributed by atoms with Gasteiger partial charge in [-0.05, 0) is 49.6 Å². The number of Topliss-reactive ketones (excluding diaryl/α,β-unsaturated/α-hetero) is 1. The molecule has 1 amide bonds. The third-order valence-electron chi connectivity index (χ3n) is 8.96. The summed E-state index contributed by atoms with van der Waals surface area (Å²) in [5.74, 6) is -6.97. The molecule has 7 N–H and O–H groups in total. The van der Waals surface area contributed by atoms with Gasteiger partial charge < -0.3 is 50.2 Å². The topological polar surface area (TPSA) is 246 Å². The first-order valence-corrected chi connectivity index (χ1v) is 15.1. The molecule has 6 rings (SSSR count). The van der Waals surface area contributed by atoms with Gasteiger partial charge in [0.05, 0.1) is 29.9 Å². The van der Waals surface area contributed by atoms with Crippen LogP contribution in [0.1, 0.15) is 91.4 Å². The van der Waals surface area contributed by atoms with Crippen LogP contribution in [0, 0.1) is 6.92 Å². The molecule has 0 radical (unpaired) electrons. The SMILES string of the molecule is COc1cc(O)c2c(c1)C(=O)c1c(cc3c(c1O)-c1c(cc(C)c(C(=O)N[C@H](C)C(=O)O)c1O)[C@H](O[C@@H]1O[C@H](C)CC(=O)[C@H]1O)[C@H]3O)C2=O. The number of aryl methyl sites for hydroxylation is 1. The van der Waals surface area contributed by atoms with E-state index in [-0.39, 0.29) is 51.1 Å². The summed E-state index contributed by atoms with van der Waals surface area (Å²) in [6, 6.07) is 3.34. The maximum absolute atomic E-state index is 13.9. The smallest absolute Gasteiger partial charge is 0.325 e. The summed E-state index contributed by atoms with van der Waals surface area (Å²) >= 11 is 0. The maximum atomic E-state index is 13.9. The van der Waals surface area contributed by atoms with Gasteiger partial charge in [-0.25, -0.2) is 0 Å². The van der Waals surface area contributed by atoms with Crippen molar-refractivity contribution >= 4 is 29.2 Å². The number of phenolic OH excluding ortho intramolecular Hbond substituents is 3. The zero-order valence-corrected chi connectivity index (χ0v) is 26.4. The summed E-state index contributed by atoms with van der Waals surface area (Å²) in [6.45, 7) is 4.17. The fourth-order valence-electron chi connectivity index (χ4n) is 6.57. The van der Waals surface area contributed by atoms with Gasteiger partial charge in [0.15, 0.2) is 29.7 Å². The lowest BCUT2D eigenvalue weighted by molar-refractivity contribution is -0.257. The Balaban J connectivity index is 1.60. The first-order valence-electron chi connectivity index (χ1n) is 15.1. The minimum absolute atomic E-state index is 0.0401. The van der Waals surface area contributed by atoms with Crippen LogP contribution >= 0.6 is 0 Å². The van der Waals surface area contributed by atoms with Crippen LogP contribution in [0.15, 0.2) is 24.3 Å². The summed E-state index contributed by atoms with van der Waals surface area (Å²) in [6.07, 6.45) is -7.55. The van der Waals surface area contributed by atoms with Crippen LogP contribution in [0.3, 0.4) is 0 Å². The number of carboxylic acids is 1. The highest BCUT2D eigenvalue weighted by atomic mass is 16.7. The van der Waals surface area contributed by atoms with Gasteiger partial charge in [0.25, 0.3) is 5.91 Å². The number of rotatable bonds is 6. The molecular weight excluding hydrogens is 646 g/mol. The fourth-order valence-corrected chi connectivity index (χ4v) is 6.57. The van der Waals surface area contributed by atoms with Crippen molar-refractivity contribution in [1.29, 1.82) is 0 Å². The molecular formula is C34H31NO14. The van der Waals surface area contributed by atoms with Crippen molar-refractivity contribution in [3.8, 4) is 34.1 Å². The number of aliphatic hydroxyl groups excluding tert-OH is 2. The molecule has 2 aliphatic carbocycles. The fraction of sp³-hybridized carbons (Fsp3) is 0.324. The highest BCUT2D eigenvalue weighted by molar-refractivity contribution is 6.31. The summed E-state index contributed by atoms with van der Waals surface area (Å²) in [7, 11) is 1.28. The lowest BCUT2D eigenvalue weighted by Crippen LogP contribution is -2.47. The molecule has 3 aromatic rings. The molecule has 1 aliphatic heterocycles. The molecule has 15 heteroatoms. The maximum Gasteiger partial charge on any atom is 0.325 e. The predicted octanol–water partition coefficient (Wildman–Crippen LogP) is 1.94. The number of carboxylic acid groups (broad SMARTS) is 1. The molecule has 1 saturated heterocycles. The third kappa shape index (κ3) is 5.18. The number of aliphatic hydroxyl groups is 2. The van der Waals surface area contributed by atoms with Crippen molar-refractivity contribution in [3.63, 3.8) is 0 Å². The average molecular weight is 678 g/mol. The second kappa shape index (κ2) is 12.0. The van der Waals surface area contributed by atoms with E-state index in [1.54, 1.807) is 6.92 Å². The number of ether oxygens (including phenoxy) is 3. The monoisotopic (exact) mass is 677 g/mol. The molecule has 1 heterocycles. The summed E-state index contributed by atoms with van der Waals surface area (Å²) in [5.41, 5.74) is -2.96. The first-order chi connectivity index (χ1) is 23.1. The van der Waals surface area contributed by atoms with E-state index in [9.17, 15) is 54.6 Å². The van der Waals surface area contributed by atoms with Gasteiger partial charge >= 0.3 is 5.97 Å². The molecule has 3 aromatic carbocycles. The number of amides is 1. The standard InChI is InChI=1S/C34H31NO14/c1-10-5-17-23(29(42)20(10)32(44)35-12(3)33(45)46)22-15(27(40)31(17)49-34-28(41)19(37)6-11(2)48-34)9-16-24(30(22)43)26(39)14-7-13(47-4)8-18(36)21(14)25(16)38/h5,7-9,11-12,27-28,31,34,36,40-43H,6H2,1-4H3,(H,35,44)(H,45,46)/t11-,12-,27+,28-,31+,34+/m1/s1. The molecule has 256 valence electrons. The van der Waals surface area contributed by atoms with Gasteiger partial charge in [-0.1, -0.05) is 6.07 Å². The van der Waals surface area contributed by atoms with Crippen molar-refractivity contribution in [2.45, 2.75) is 63.9 Å². The van der Waals surface area contributed by atoms with Crippen LogP contribution in [0.5, 0.6) is 23.0 Å². The number of phenols is 3. The Kier molecular flexibility index (Phi) is 8.19. The third-order valence-corrected chi connectivity index (χ3v) is 8.96. The van der Waals surface area contributed by atoms with Crippen molar-refractivity contribution in [2.75, 3.05) is 7.11 Å². The molecule has 0 bridgehead atoms. The molecule has 3 aliphatic rings. The first kappa shape index (κ1) is 33.5. The number of fused-ring (bicyclic) bond motifs is 5. The van der Waals surface area contributed by atoms with Crippen LogP contribution in [-0.4, -0.2) is 91.5 Å². The summed E-state index contributed by atoms with van der Waals surface area (Å²) < 4.78 is 16.8. The van der Waals surface area contributed by atoms with Crippen molar-refractivity contribution in [2.24, 2.45) is 0 Å². The Labute approximate surface area is 277 Å². The number of methoxy groups -OCH3 is 1. The lowest BCUT2D eigenvalue weighted by Gasteiger charge is -2.39. The number of aliphatic carboxylic acids is 1. The molecule has 0 saturated carbocycles. The van der Waals surface area contributed by atoms with Gasteiger partial charge in [-0.15, -0.1) is 0 Å². The largest absolute Gasteiger partial charge is 0.507 e. The van der Waals surface area contributed by atoms with Crippen LogP contribution in [0.4, 0.5) is 0 Å². The van der Waals surface area contributed by atoms with Crippen LogP contribution in [-0.2, 0) is 19.1 Å². The molecule has 1 fully saturated rings. The molecule has 6 atom stereocenters. The number of hydrogen-bond acceptors (Lipinski definition) is 13. The van der Waals surface area contributed by atoms with Crippen molar-refractivity contribution in [1.82, 2.24) is 5.32 Å². The molecule has 15 nitrogen and oxygen atoms in total. The zero-order chi connectivity index (χ0) is 35.8. The lowest BCUT2D eigenvalue weighted by atomic mass is 9.74. The number of hydrogen-bond donors (Lipinski definition) is 7. The Morgan fingerprint density at radius 1 is 0.898 bits per heavy atom. The zero-order valence-electron chi connectivity index (χ0n) is 26.4. The molecule has 0 unspecified atom stereocenters. The molecule has 0 aromatic heterocycles. The Morgan fingerprint density at radius 3 is 2.18 bits per heavy atom. The number of aromatic hydroxyl groups is 3. The van der Waals surface area contributed by atoms with E-state index < -0.39 is 99.9 Å². The van der Waals surface area contributed by atoms with Crippen LogP contribution < -0.4 is 10.1 Å². The highest BCUT2D eigenvalue weighted by Gasteiger charge is 2.46. The predicted molar refractivity (Wildman–Crippen MR) is 165 cm³/mol. The number of carbonyl (C=O) groups is 5. The van der Waals surface area contributed by atoms with E-state index in [0.717, 1.165) is 12.1 Å². The second-order valence-corrected chi connectivity index (χ2v) is 12.2. The Morgan fingerprint density at radius 2 is 1.53 bits per heavy atom. The number of nitrogens with one attached hydrogen (secondary N) is 1. The number of carbonyl (C=O) groups excluding carboxylic acids is 4. The van der Waals surface area contributed by atoms with E-state index in [1.807, 2.05) is 0 Å². The van der Waals surface area contributed by atoms with Gasteiger partial charge in [0, 0.05) is 34.7 Å². The van der Waals surface area contributed by atoms with Crippen LogP contribution in [0.2, 0.25) is 0 Å². The highest BCUT2D eigenvalue weighted by Crippen LogP contribution is 2.56. The quantitative estimate of drug-likeness (QED) is 0.154. The van der Waals surface area contributed by atoms with Crippen molar-refractivity contribution < 1.29 is 68.8 Å². The van der Waals surface area contributed by atoms with Gasteiger partial charge in [0.1, 0.15) is 41.2 Å². The van der Waals surface area contributed by atoms with E-state index in [0.29, 0.717) is 0 Å². The average Bonchev–Trinajstić information content (AvgIpc) is 3.03. The van der Waals surface area contributed by atoms with Crippen LogP contribution in [0.25, 0.3) is 11.1 Å². The van der Waals surface area contributed by atoms with E-state index >= 15 is 0 Å². The number of ketones is 3. The normalized spacial score (nSPS) is 23.1. The van der Waals surface area contributed by atoms with Gasteiger partial charge in [0.2, 0.25) is 0 Å². The van der Waals surface area contributed by atoms with Gasteiger partial charge in [-0.3, -0.25) is 24.0 Å². The van der Waals surface area contributed by atoms with Crippen molar-refractivity contribution in [3.05, 3.63) is 68.8 Å². The van der Waals surface area contributed by atoms with Gasteiger partial charge in [-0.2, -0.15) is 0 Å². The van der Waals surface area contributed by atoms with E-state index in [4.69, 9.17) is 14.2 Å². The van der Waals surface area contributed by atoms with E-state index in [1.165, 1.54) is 33.1 Å². The summed E-state index contributed by atoms with van der Waals surface area (Å²) in [5, 5.41) is 68.2. The molecule has 0 spiro atoms. The number of benzene rings is 3. The molecule has 49 heavy (non-hydrogen) atoms. The minimum atomic E-state index is -1.80. The van der Waals surface area contributed by atoms with E-state index in [2.05, 4.69) is 5.32 Å². The minimum Gasteiger partial charge on any atom is -0.507 e. The summed E-state index contributed by atoms with van der Waals surface area (Å²) in [4.78, 5) is 64.9. The Hall–Kier alpha value is -5.35.